The second-order valence-electron chi connectivity index (χ2n) is 4.85. The quantitative estimate of drug-likeness (QED) is 0.720. The van der Waals surface area contributed by atoms with Crippen LogP contribution < -0.4 is 5.73 Å². The van der Waals surface area contributed by atoms with Gasteiger partial charge in [-0.3, -0.25) is 4.79 Å². The van der Waals surface area contributed by atoms with Crippen molar-refractivity contribution in [3.8, 4) is 5.75 Å². The van der Waals surface area contributed by atoms with Crippen LogP contribution in [-0.4, -0.2) is 29.3 Å². The van der Waals surface area contributed by atoms with Gasteiger partial charge in [-0.1, -0.05) is 15.9 Å². The van der Waals surface area contributed by atoms with Crippen LogP contribution >= 0.6 is 15.9 Å². The fourth-order valence-corrected chi connectivity index (χ4v) is 2.37. The van der Waals surface area contributed by atoms with Crippen molar-refractivity contribution in [1.29, 1.82) is 0 Å². The number of methoxy groups -OCH3 is 1. The molecule has 0 radical (unpaired) electrons. The van der Waals surface area contributed by atoms with E-state index in [4.69, 9.17) is 10.8 Å². The van der Waals surface area contributed by atoms with Gasteiger partial charge in [0.25, 0.3) is 0 Å². The number of hydrogen-bond donors (Lipinski definition) is 3. The lowest BCUT2D eigenvalue weighted by molar-refractivity contribution is -0.152. The lowest BCUT2D eigenvalue weighted by atomic mass is 9.80. The summed E-state index contributed by atoms with van der Waals surface area (Å²) in [7, 11) is 1.24. The van der Waals surface area contributed by atoms with E-state index in [-0.39, 0.29) is 11.1 Å². The van der Waals surface area contributed by atoms with Crippen molar-refractivity contribution < 1.29 is 24.5 Å². The molecular weight excluding hydrogens is 330 g/mol. The van der Waals surface area contributed by atoms with E-state index in [1.807, 2.05) is 0 Å². The molecule has 1 rings (SSSR count). The lowest BCUT2D eigenvalue weighted by Crippen LogP contribution is -2.37. The Morgan fingerprint density at radius 1 is 1.40 bits per heavy atom. The Morgan fingerprint density at radius 2 is 1.95 bits per heavy atom. The molecule has 4 N–H and O–H groups in total. The molecule has 0 aliphatic carbocycles. The number of esters is 1. The highest BCUT2D eigenvalue weighted by Gasteiger charge is 2.39. The number of phenols is 1. The van der Waals surface area contributed by atoms with E-state index in [0.29, 0.717) is 4.47 Å². The second kappa shape index (κ2) is 5.80. The van der Waals surface area contributed by atoms with Crippen molar-refractivity contribution in [2.45, 2.75) is 19.9 Å². The fourth-order valence-electron chi connectivity index (χ4n) is 1.80. The summed E-state index contributed by atoms with van der Waals surface area (Å²) in [5, 5.41) is 19.1. The van der Waals surface area contributed by atoms with Crippen LogP contribution in [0, 0.1) is 5.41 Å². The Balaban J connectivity index is 3.43. The van der Waals surface area contributed by atoms with E-state index in [0.717, 1.165) is 0 Å². The Labute approximate surface area is 124 Å². The first-order chi connectivity index (χ1) is 9.14. The number of aromatic hydroxyl groups is 1. The van der Waals surface area contributed by atoms with E-state index >= 15 is 0 Å². The number of nitrogens with two attached hydrogens (primary N) is 1. The number of carbonyl (C=O) groups is 2. The third-order valence-corrected chi connectivity index (χ3v) is 3.89. The maximum Gasteiger partial charge on any atom is 0.339 e. The molecule has 0 spiro atoms. The summed E-state index contributed by atoms with van der Waals surface area (Å²) in [6.07, 6.45) is 0. The average molecular weight is 346 g/mol. The molecule has 0 aliphatic rings. The molecule has 0 amide bonds. The minimum absolute atomic E-state index is 0.153. The molecule has 0 unspecified atom stereocenters. The highest BCUT2D eigenvalue weighted by Crippen LogP contribution is 2.41. The number of carbonyl (C=O) groups excluding carboxylic acids is 1. The average Bonchev–Trinajstić information content (AvgIpc) is 2.36. The van der Waals surface area contributed by atoms with Crippen molar-refractivity contribution in [2.75, 3.05) is 7.11 Å². The monoisotopic (exact) mass is 345 g/mol. The largest absolute Gasteiger partial charge is 0.507 e. The number of aromatic carboxylic acids is 1. The van der Waals surface area contributed by atoms with Crippen molar-refractivity contribution in [3.63, 3.8) is 0 Å². The van der Waals surface area contributed by atoms with Crippen LogP contribution in [0.4, 0.5) is 0 Å². The molecule has 0 saturated carbocycles. The van der Waals surface area contributed by atoms with Crippen LogP contribution in [0.15, 0.2) is 16.6 Å². The van der Waals surface area contributed by atoms with E-state index < -0.39 is 29.1 Å². The van der Waals surface area contributed by atoms with Gasteiger partial charge in [-0.2, -0.15) is 0 Å². The standard InChI is InChI=1S/C13H16BrNO5/c1-13(2,12(19)20-3)10(15)8-7(14)5-4-6(9(8)16)11(17)18/h4-5,10,16H,15H2,1-3H3,(H,17,18)/t10-/m0/s1. The predicted molar refractivity (Wildman–Crippen MR) is 75.5 cm³/mol. The molecule has 0 saturated heterocycles. The van der Waals surface area contributed by atoms with Crippen LogP contribution in [-0.2, 0) is 9.53 Å². The van der Waals surface area contributed by atoms with Gasteiger partial charge < -0.3 is 20.7 Å². The fraction of sp³-hybridized carbons (Fsp3) is 0.385. The van der Waals surface area contributed by atoms with Crippen LogP contribution in [0.3, 0.4) is 0 Å². The van der Waals surface area contributed by atoms with Crippen LogP contribution in [0.25, 0.3) is 0 Å². The van der Waals surface area contributed by atoms with Gasteiger partial charge in [0.1, 0.15) is 11.3 Å². The molecule has 1 atom stereocenters. The Morgan fingerprint density at radius 3 is 2.40 bits per heavy atom. The Hall–Kier alpha value is -1.60. The van der Waals surface area contributed by atoms with Crippen molar-refractivity contribution >= 4 is 27.9 Å². The van der Waals surface area contributed by atoms with Gasteiger partial charge in [-0.15, -0.1) is 0 Å². The van der Waals surface area contributed by atoms with E-state index in [1.54, 1.807) is 13.8 Å². The van der Waals surface area contributed by atoms with Gasteiger partial charge >= 0.3 is 11.9 Å². The number of halogens is 1. The van der Waals surface area contributed by atoms with Gasteiger partial charge in [0.05, 0.1) is 18.6 Å². The lowest BCUT2D eigenvalue weighted by Gasteiger charge is -2.30. The molecule has 0 fully saturated rings. The summed E-state index contributed by atoms with van der Waals surface area (Å²) in [6, 6.07) is 1.78. The molecule has 1 aromatic carbocycles. The third-order valence-electron chi connectivity index (χ3n) is 3.19. The molecule has 6 nitrogen and oxygen atoms in total. The molecule has 20 heavy (non-hydrogen) atoms. The minimum Gasteiger partial charge on any atom is -0.507 e. The maximum absolute atomic E-state index is 11.8. The zero-order chi connectivity index (χ0) is 15.7. The third kappa shape index (κ3) is 2.78. The summed E-state index contributed by atoms with van der Waals surface area (Å²) in [5.41, 5.74) is 4.78. The van der Waals surface area contributed by atoms with Gasteiger partial charge in [0, 0.05) is 10.0 Å². The van der Waals surface area contributed by atoms with Crippen LogP contribution in [0.2, 0.25) is 0 Å². The van der Waals surface area contributed by atoms with E-state index in [2.05, 4.69) is 20.7 Å². The first kappa shape index (κ1) is 16.5. The van der Waals surface area contributed by atoms with Gasteiger partial charge in [0.15, 0.2) is 0 Å². The van der Waals surface area contributed by atoms with Gasteiger partial charge in [0.2, 0.25) is 0 Å². The zero-order valence-electron chi connectivity index (χ0n) is 11.3. The topological polar surface area (TPSA) is 110 Å². The molecule has 0 bridgehead atoms. The number of rotatable bonds is 4. The molecule has 1 aromatic rings. The summed E-state index contributed by atoms with van der Waals surface area (Å²) in [6.45, 7) is 3.12. The van der Waals surface area contributed by atoms with Crippen molar-refractivity contribution in [2.24, 2.45) is 11.1 Å². The number of ether oxygens (including phenoxy) is 1. The number of benzene rings is 1. The van der Waals surface area contributed by atoms with Crippen molar-refractivity contribution in [1.82, 2.24) is 0 Å². The summed E-state index contributed by atoms with van der Waals surface area (Å²) in [4.78, 5) is 22.8. The summed E-state index contributed by atoms with van der Waals surface area (Å²) in [5.74, 6) is -2.30. The Bertz CT molecular complexity index is 556. The number of hydrogen-bond acceptors (Lipinski definition) is 5. The first-order valence-corrected chi connectivity index (χ1v) is 6.52. The summed E-state index contributed by atoms with van der Waals surface area (Å²) >= 11 is 3.21. The molecule has 0 aliphatic heterocycles. The zero-order valence-corrected chi connectivity index (χ0v) is 12.9. The number of carboxylic acid groups (broad SMARTS) is 1. The van der Waals surface area contributed by atoms with E-state index in [9.17, 15) is 14.7 Å². The highest BCUT2D eigenvalue weighted by atomic mass is 79.9. The summed E-state index contributed by atoms with van der Waals surface area (Å²) < 4.78 is 5.10. The van der Waals surface area contributed by atoms with Gasteiger partial charge in [-0.25, -0.2) is 4.79 Å². The van der Waals surface area contributed by atoms with Crippen LogP contribution in [0.5, 0.6) is 5.75 Å². The Kier molecular flexibility index (Phi) is 4.77. The molecule has 0 heterocycles. The van der Waals surface area contributed by atoms with E-state index in [1.165, 1.54) is 19.2 Å². The van der Waals surface area contributed by atoms with Crippen LogP contribution in [0.1, 0.15) is 35.8 Å². The molecular formula is C13H16BrNO5. The first-order valence-electron chi connectivity index (χ1n) is 5.73. The molecule has 110 valence electrons. The normalized spacial score (nSPS) is 12.8. The molecule has 7 heteroatoms. The highest BCUT2D eigenvalue weighted by molar-refractivity contribution is 9.10. The smallest absolute Gasteiger partial charge is 0.339 e. The number of carboxylic acids is 1. The van der Waals surface area contributed by atoms with Crippen molar-refractivity contribution in [3.05, 3.63) is 27.7 Å². The second-order valence-corrected chi connectivity index (χ2v) is 5.71. The maximum atomic E-state index is 11.8. The SMILES string of the molecule is COC(=O)C(C)(C)[C@@H](N)c1c(Br)ccc(C(=O)O)c1O. The molecule has 0 aromatic heterocycles. The minimum atomic E-state index is -1.28. The predicted octanol–water partition coefficient (Wildman–Crippen LogP) is 2.05. The van der Waals surface area contributed by atoms with Gasteiger partial charge in [-0.05, 0) is 26.0 Å².